The lowest BCUT2D eigenvalue weighted by Crippen LogP contribution is -2.01. The van der Waals surface area contributed by atoms with Crippen molar-refractivity contribution in [2.24, 2.45) is 5.92 Å². The van der Waals surface area contributed by atoms with E-state index < -0.39 is 0 Å². The Labute approximate surface area is 62.0 Å². The zero-order chi connectivity index (χ0) is 6.69. The van der Waals surface area contributed by atoms with Crippen molar-refractivity contribution in [1.29, 1.82) is 0 Å². The maximum atomic E-state index is 5.16. The molecule has 0 N–H and O–H groups in total. The fourth-order valence-electron chi connectivity index (χ4n) is 1.34. The highest BCUT2D eigenvalue weighted by Gasteiger charge is 2.18. The van der Waals surface area contributed by atoms with Gasteiger partial charge in [-0.25, -0.2) is 0 Å². The van der Waals surface area contributed by atoms with Gasteiger partial charge in [0.05, 0.1) is 0 Å². The fourth-order valence-corrected chi connectivity index (χ4v) is 1.70. The zero-order valence-electron chi connectivity index (χ0n) is 5.60. The van der Waals surface area contributed by atoms with E-state index in [-0.39, 0.29) is 0 Å². The zero-order valence-corrected chi connectivity index (χ0v) is 6.41. The van der Waals surface area contributed by atoms with Crippen LogP contribution in [0.15, 0.2) is 12.7 Å². The maximum absolute atomic E-state index is 5.16. The second-order valence-corrected chi connectivity index (χ2v) is 3.10. The average Bonchev–Trinajstić information content (AvgIpc) is 2.18. The highest BCUT2D eigenvalue weighted by Crippen LogP contribution is 2.25. The van der Waals surface area contributed by atoms with Crippen molar-refractivity contribution in [1.82, 2.24) is 0 Å². The van der Waals surface area contributed by atoms with E-state index in [0.29, 0.717) is 5.92 Å². The van der Waals surface area contributed by atoms with Crippen LogP contribution in [0.4, 0.5) is 0 Å². The van der Waals surface area contributed by atoms with E-state index in [2.05, 4.69) is 6.58 Å². The minimum absolute atomic E-state index is 0.692. The summed E-state index contributed by atoms with van der Waals surface area (Å²) in [4.78, 5) is 1.27. The van der Waals surface area contributed by atoms with Gasteiger partial charge < -0.3 is 0 Å². The Morgan fingerprint density at radius 1 is 1.78 bits per heavy atom. The molecule has 0 aromatic heterocycles. The van der Waals surface area contributed by atoms with Gasteiger partial charge >= 0.3 is 0 Å². The molecule has 1 aliphatic carbocycles. The molecule has 0 aliphatic heterocycles. The smallest absolute Gasteiger partial charge is 0.00375 e. The first kappa shape index (κ1) is 6.94. The molecule has 0 heterocycles. The van der Waals surface area contributed by atoms with Crippen molar-refractivity contribution in [2.75, 3.05) is 0 Å². The van der Waals surface area contributed by atoms with Gasteiger partial charge in [0.15, 0.2) is 0 Å². The first-order chi connectivity index (χ1) is 4.34. The molecule has 0 bridgehead atoms. The van der Waals surface area contributed by atoms with E-state index in [1.165, 1.54) is 24.1 Å². The second-order valence-electron chi connectivity index (χ2n) is 2.58. The Bertz CT molecular complexity index is 127. The molecule has 1 heteroatoms. The third-order valence-electron chi connectivity index (χ3n) is 1.88. The summed E-state index contributed by atoms with van der Waals surface area (Å²) in [6.45, 7) is 3.70. The van der Waals surface area contributed by atoms with E-state index in [1.807, 2.05) is 6.08 Å². The predicted molar refractivity (Wildman–Crippen MR) is 44.8 cm³/mol. The Hall–Kier alpha value is -0.170. The third kappa shape index (κ3) is 1.62. The lowest BCUT2D eigenvalue weighted by Gasteiger charge is -2.03. The van der Waals surface area contributed by atoms with Crippen LogP contribution in [-0.2, 0) is 0 Å². The van der Waals surface area contributed by atoms with Crippen LogP contribution in [0, 0.1) is 5.92 Å². The Balaban J connectivity index is 2.39. The molecule has 1 unspecified atom stereocenters. The molecule has 1 rings (SSSR count). The Morgan fingerprint density at radius 2 is 2.56 bits per heavy atom. The van der Waals surface area contributed by atoms with Gasteiger partial charge in [-0.2, -0.15) is 0 Å². The number of allylic oxidation sites excluding steroid dienone is 1. The fraction of sp³-hybridized carbons (Fsp3) is 0.625. The average molecular weight is 140 g/mol. The van der Waals surface area contributed by atoms with Crippen molar-refractivity contribution in [3.05, 3.63) is 12.7 Å². The topological polar surface area (TPSA) is 0 Å². The quantitative estimate of drug-likeness (QED) is 0.420. The first-order valence-electron chi connectivity index (χ1n) is 3.48. The SMILES string of the molecule is C=CCC1CCCC1=S. The Kier molecular flexibility index (Phi) is 2.40. The minimum Gasteiger partial charge on any atom is -0.103 e. The molecule has 0 spiro atoms. The van der Waals surface area contributed by atoms with E-state index in [9.17, 15) is 0 Å². The summed E-state index contributed by atoms with van der Waals surface area (Å²) < 4.78 is 0. The van der Waals surface area contributed by atoms with Crippen LogP contribution in [0.2, 0.25) is 0 Å². The molecule has 1 fully saturated rings. The molecule has 0 saturated heterocycles. The number of hydrogen-bond acceptors (Lipinski definition) is 1. The van der Waals surface area contributed by atoms with Gasteiger partial charge in [-0.1, -0.05) is 18.3 Å². The summed E-state index contributed by atoms with van der Waals surface area (Å²) >= 11 is 5.16. The van der Waals surface area contributed by atoms with Crippen LogP contribution in [0.5, 0.6) is 0 Å². The number of hydrogen-bond donors (Lipinski definition) is 0. The molecule has 0 aromatic carbocycles. The van der Waals surface area contributed by atoms with Crippen molar-refractivity contribution < 1.29 is 0 Å². The normalized spacial score (nSPS) is 26.7. The molecule has 0 nitrogen and oxygen atoms in total. The second kappa shape index (κ2) is 3.11. The molecule has 1 aliphatic rings. The number of thiocarbonyl (C=S) groups is 1. The highest BCUT2D eigenvalue weighted by molar-refractivity contribution is 7.80. The van der Waals surface area contributed by atoms with E-state index >= 15 is 0 Å². The van der Waals surface area contributed by atoms with Crippen LogP contribution in [0.3, 0.4) is 0 Å². The molecule has 1 saturated carbocycles. The van der Waals surface area contributed by atoms with E-state index in [1.54, 1.807) is 0 Å². The molecule has 50 valence electrons. The minimum atomic E-state index is 0.692. The number of rotatable bonds is 2. The summed E-state index contributed by atoms with van der Waals surface area (Å²) in [5, 5.41) is 0. The standard InChI is InChI=1S/C8H12S/c1-2-4-7-5-3-6-8(7)9/h2,7H,1,3-6H2. The summed E-state index contributed by atoms with van der Waals surface area (Å²) in [5.41, 5.74) is 0. The molecular weight excluding hydrogens is 128 g/mol. The Morgan fingerprint density at radius 3 is 3.00 bits per heavy atom. The van der Waals surface area contributed by atoms with Gasteiger partial charge in [0.1, 0.15) is 0 Å². The predicted octanol–water partition coefficient (Wildman–Crippen LogP) is 2.73. The van der Waals surface area contributed by atoms with Crippen LogP contribution in [0.1, 0.15) is 25.7 Å². The van der Waals surface area contributed by atoms with E-state index in [0.717, 1.165) is 6.42 Å². The van der Waals surface area contributed by atoms with Gasteiger partial charge in [-0.3, -0.25) is 0 Å². The highest BCUT2D eigenvalue weighted by atomic mass is 32.1. The lowest BCUT2D eigenvalue weighted by molar-refractivity contribution is 0.679. The summed E-state index contributed by atoms with van der Waals surface area (Å²) in [7, 11) is 0. The largest absolute Gasteiger partial charge is 0.103 e. The van der Waals surface area contributed by atoms with Crippen molar-refractivity contribution in [3.63, 3.8) is 0 Å². The molecule has 1 atom stereocenters. The summed E-state index contributed by atoms with van der Waals surface area (Å²) in [6, 6.07) is 0. The maximum Gasteiger partial charge on any atom is -0.00375 e. The monoisotopic (exact) mass is 140 g/mol. The third-order valence-corrected chi connectivity index (χ3v) is 2.42. The van der Waals surface area contributed by atoms with Crippen LogP contribution in [-0.4, -0.2) is 4.86 Å². The van der Waals surface area contributed by atoms with Gasteiger partial charge in [0.25, 0.3) is 0 Å². The lowest BCUT2D eigenvalue weighted by atomic mass is 10.0. The molecule has 9 heavy (non-hydrogen) atoms. The van der Waals surface area contributed by atoms with Gasteiger partial charge in [-0.15, -0.1) is 6.58 Å². The van der Waals surface area contributed by atoms with Gasteiger partial charge in [0, 0.05) is 0 Å². The van der Waals surface area contributed by atoms with Crippen LogP contribution < -0.4 is 0 Å². The van der Waals surface area contributed by atoms with Gasteiger partial charge in [0.2, 0.25) is 0 Å². The van der Waals surface area contributed by atoms with Gasteiger partial charge in [-0.05, 0) is 36.5 Å². The van der Waals surface area contributed by atoms with Crippen molar-refractivity contribution in [2.45, 2.75) is 25.7 Å². The van der Waals surface area contributed by atoms with Crippen molar-refractivity contribution in [3.8, 4) is 0 Å². The molecular formula is C8H12S. The van der Waals surface area contributed by atoms with Crippen molar-refractivity contribution >= 4 is 17.1 Å². The molecule has 0 radical (unpaired) electrons. The van der Waals surface area contributed by atoms with Crippen LogP contribution >= 0.6 is 12.2 Å². The van der Waals surface area contributed by atoms with Crippen LogP contribution in [0.25, 0.3) is 0 Å². The first-order valence-corrected chi connectivity index (χ1v) is 3.89. The summed E-state index contributed by atoms with van der Waals surface area (Å²) in [6.07, 6.45) is 6.84. The summed E-state index contributed by atoms with van der Waals surface area (Å²) in [5.74, 6) is 0.692. The molecule has 0 aromatic rings. The van der Waals surface area contributed by atoms with E-state index in [4.69, 9.17) is 12.2 Å². The molecule has 0 amide bonds.